The molecule has 0 aliphatic rings. The van der Waals surface area contributed by atoms with E-state index in [0.29, 0.717) is 26.3 Å². The molecule has 0 spiro atoms. The molecule has 0 radical (unpaired) electrons. The van der Waals surface area contributed by atoms with Gasteiger partial charge in [0, 0.05) is 21.3 Å². The van der Waals surface area contributed by atoms with Crippen molar-refractivity contribution in [3.63, 3.8) is 0 Å². The summed E-state index contributed by atoms with van der Waals surface area (Å²) in [5, 5.41) is 0.428. The van der Waals surface area contributed by atoms with Crippen molar-refractivity contribution in [3.8, 4) is 11.1 Å². The summed E-state index contributed by atoms with van der Waals surface area (Å²) < 4.78 is 14.5. The van der Waals surface area contributed by atoms with Crippen molar-refractivity contribution in [2.45, 2.75) is 0 Å². The zero-order chi connectivity index (χ0) is 12.6. The molecule has 5 heteroatoms. The van der Waals surface area contributed by atoms with Crippen LogP contribution in [0.3, 0.4) is 0 Å². The van der Waals surface area contributed by atoms with Gasteiger partial charge in [-0.25, -0.2) is 4.39 Å². The maximum Gasteiger partial charge on any atom is 0.150 e. The Morgan fingerprint density at radius 2 is 1.71 bits per heavy atom. The fourth-order valence-corrected chi connectivity index (χ4v) is 2.25. The van der Waals surface area contributed by atoms with Crippen molar-refractivity contribution in [3.05, 3.63) is 50.7 Å². The molecule has 0 bridgehead atoms. The van der Waals surface area contributed by atoms with E-state index >= 15 is 0 Å². The standard InChI is InChI=1S/C12H7BrCl2FN/c13-9-4-3-8(12(16)11(9)15)7-2-1-6(17)5-10(7)14/h1-5H,17H2. The van der Waals surface area contributed by atoms with E-state index in [0.717, 1.165) is 0 Å². The van der Waals surface area contributed by atoms with Crippen molar-refractivity contribution in [2.75, 3.05) is 5.73 Å². The van der Waals surface area contributed by atoms with Crippen LogP contribution in [0.4, 0.5) is 10.1 Å². The highest BCUT2D eigenvalue weighted by atomic mass is 79.9. The Hall–Kier alpha value is -0.770. The summed E-state index contributed by atoms with van der Waals surface area (Å²) >= 11 is 15.0. The second-order valence-corrected chi connectivity index (χ2v) is 5.10. The third-order valence-corrected chi connectivity index (χ3v) is 3.89. The van der Waals surface area contributed by atoms with Crippen molar-refractivity contribution in [2.24, 2.45) is 0 Å². The van der Waals surface area contributed by atoms with E-state index < -0.39 is 5.82 Å². The van der Waals surface area contributed by atoms with E-state index in [9.17, 15) is 4.39 Å². The number of nitrogen functional groups attached to an aromatic ring is 1. The lowest BCUT2D eigenvalue weighted by molar-refractivity contribution is 0.631. The van der Waals surface area contributed by atoms with Crippen molar-refractivity contribution in [1.82, 2.24) is 0 Å². The van der Waals surface area contributed by atoms with Crippen LogP contribution < -0.4 is 5.73 Å². The number of benzene rings is 2. The highest BCUT2D eigenvalue weighted by molar-refractivity contribution is 9.10. The molecule has 0 amide bonds. The van der Waals surface area contributed by atoms with Gasteiger partial charge in [0.05, 0.1) is 10.0 Å². The first-order chi connectivity index (χ1) is 8.00. The third-order valence-electron chi connectivity index (χ3n) is 2.32. The molecule has 1 nitrogen and oxygen atoms in total. The van der Waals surface area contributed by atoms with Gasteiger partial charge in [0.2, 0.25) is 0 Å². The van der Waals surface area contributed by atoms with Gasteiger partial charge in [-0.3, -0.25) is 0 Å². The molecule has 0 aliphatic heterocycles. The molecule has 2 rings (SSSR count). The average molecular weight is 335 g/mol. The smallest absolute Gasteiger partial charge is 0.150 e. The van der Waals surface area contributed by atoms with E-state index in [1.54, 1.807) is 30.3 Å². The molecule has 17 heavy (non-hydrogen) atoms. The lowest BCUT2D eigenvalue weighted by Crippen LogP contribution is -1.90. The zero-order valence-corrected chi connectivity index (χ0v) is 11.6. The fraction of sp³-hybridized carbons (Fsp3) is 0. The Labute approximate surface area is 116 Å². The zero-order valence-electron chi connectivity index (χ0n) is 8.48. The van der Waals surface area contributed by atoms with Crippen LogP contribution in [0.25, 0.3) is 11.1 Å². The fourth-order valence-electron chi connectivity index (χ4n) is 1.48. The van der Waals surface area contributed by atoms with E-state index in [-0.39, 0.29) is 5.02 Å². The molecular formula is C12H7BrCl2FN. The van der Waals surface area contributed by atoms with Crippen LogP contribution in [0, 0.1) is 5.82 Å². The van der Waals surface area contributed by atoms with Crippen LogP contribution in [0.1, 0.15) is 0 Å². The van der Waals surface area contributed by atoms with Gasteiger partial charge in [0.25, 0.3) is 0 Å². The largest absolute Gasteiger partial charge is 0.399 e. The quantitative estimate of drug-likeness (QED) is 0.566. The molecule has 0 saturated carbocycles. The van der Waals surface area contributed by atoms with Crippen LogP contribution >= 0.6 is 39.1 Å². The molecular weight excluding hydrogens is 328 g/mol. The Balaban J connectivity index is 2.65. The number of nitrogens with two attached hydrogens (primary N) is 1. The molecule has 0 unspecified atom stereocenters. The predicted molar refractivity (Wildman–Crippen MR) is 74.0 cm³/mol. The minimum Gasteiger partial charge on any atom is -0.399 e. The maximum absolute atomic E-state index is 14.0. The molecule has 2 aromatic carbocycles. The molecule has 0 atom stereocenters. The second-order valence-electron chi connectivity index (χ2n) is 3.46. The number of anilines is 1. The Bertz CT molecular complexity index is 587. The minimum absolute atomic E-state index is 0.0374. The van der Waals surface area contributed by atoms with Crippen LogP contribution in [-0.4, -0.2) is 0 Å². The molecule has 0 fully saturated rings. The normalized spacial score (nSPS) is 10.6. The van der Waals surface area contributed by atoms with Gasteiger partial charge >= 0.3 is 0 Å². The summed E-state index contributed by atoms with van der Waals surface area (Å²) in [5.74, 6) is -0.507. The van der Waals surface area contributed by atoms with Crippen LogP contribution in [0.15, 0.2) is 34.8 Å². The highest BCUT2D eigenvalue weighted by Crippen LogP contribution is 2.36. The average Bonchev–Trinajstić information content (AvgIpc) is 2.28. The summed E-state index contributed by atoms with van der Waals surface area (Å²) in [6.07, 6.45) is 0. The molecule has 2 N–H and O–H groups in total. The Morgan fingerprint density at radius 1 is 1.06 bits per heavy atom. The van der Waals surface area contributed by atoms with E-state index in [4.69, 9.17) is 28.9 Å². The maximum atomic E-state index is 14.0. The lowest BCUT2D eigenvalue weighted by atomic mass is 10.0. The van der Waals surface area contributed by atoms with Crippen molar-refractivity contribution in [1.29, 1.82) is 0 Å². The minimum atomic E-state index is -0.507. The summed E-state index contributed by atoms with van der Waals surface area (Å²) in [6, 6.07) is 8.19. The third kappa shape index (κ3) is 2.41. The van der Waals surface area contributed by atoms with Gasteiger partial charge in [-0.15, -0.1) is 0 Å². The van der Waals surface area contributed by atoms with Crippen LogP contribution in [-0.2, 0) is 0 Å². The summed E-state index contributed by atoms with van der Waals surface area (Å²) in [6.45, 7) is 0. The molecule has 0 aliphatic carbocycles. The van der Waals surface area contributed by atoms with Crippen LogP contribution in [0.5, 0.6) is 0 Å². The monoisotopic (exact) mass is 333 g/mol. The number of rotatable bonds is 1. The summed E-state index contributed by atoms with van der Waals surface area (Å²) in [5.41, 5.74) is 7.03. The molecule has 0 saturated heterocycles. The Morgan fingerprint density at radius 3 is 2.35 bits per heavy atom. The topological polar surface area (TPSA) is 26.0 Å². The van der Waals surface area contributed by atoms with Gasteiger partial charge in [-0.2, -0.15) is 0 Å². The van der Waals surface area contributed by atoms with Gasteiger partial charge in [-0.05, 0) is 34.1 Å². The second kappa shape index (κ2) is 4.84. The first-order valence-electron chi connectivity index (χ1n) is 4.69. The SMILES string of the molecule is Nc1ccc(-c2ccc(Br)c(Cl)c2F)c(Cl)c1. The Kier molecular flexibility index (Phi) is 3.61. The number of hydrogen-bond acceptors (Lipinski definition) is 1. The molecule has 0 heterocycles. The summed E-state index contributed by atoms with van der Waals surface area (Å²) in [4.78, 5) is 0. The first-order valence-corrected chi connectivity index (χ1v) is 6.24. The highest BCUT2D eigenvalue weighted by Gasteiger charge is 2.14. The number of halogens is 4. The molecule has 2 aromatic rings. The lowest BCUT2D eigenvalue weighted by Gasteiger charge is -2.08. The number of hydrogen-bond donors (Lipinski definition) is 1. The van der Waals surface area contributed by atoms with Gasteiger partial charge < -0.3 is 5.73 Å². The predicted octanol–water partition coefficient (Wildman–Crippen LogP) is 5.14. The van der Waals surface area contributed by atoms with E-state index in [2.05, 4.69) is 15.9 Å². The van der Waals surface area contributed by atoms with Crippen molar-refractivity contribution < 1.29 is 4.39 Å². The van der Waals surface area contributed by atoms with E-state index in [1.165, 1.54) is 0 Å². The van der Waals surface area contributed by atoms with Crippen LogP contribution in [0.2, 0.25) is 10.0 Å². The van der Waals surface area contributed by atoms with Crippen molar-refractivity contribution >= 4 is 44.8 Å². The summed E-state index contributed by atoms with van der Waals surface area (Å²) in [7, 11) is 0. The van der Waals surface area contributed by atoms with Gasteiger partial charge in [0.1, 0.15) is 0 Å². The first kappa shape index (κ1) is 12.7. The van der Waals surface area contributed by atoms with E-state index in [1.807, 2.05) is 0 Å². The molecule has 88 valence electrons. The molecule has 0 aromatic heterocycles. The van der Waals surface area contributed by atoms with Gasteiger partial charge in [0.15, 0.2) is 5.82 Å². The van der Waals surface area contributed by atoms with Gasteiger partial charge in [-0.1, -0.05) is 35.3 Å².